The Balaban J connectivity index is 0.00000484. The molecule has 1 amide bonds. The van der Waals surface area contributed by atoms with Gasteiger partial charge in [-0.2, -0.15) is 0 Å². The van der Waals surface area contributed by atoms with Crippen molar-refractivity contribution < 1.29 is 29.3 Å². The zero-order chi connectivity index (χ0) is 29.5. The van der Waals surface area contributed by atoms with E-state index in [1.165, 1.54) is 12.1 Å². The SMILES string of the molecule is CC(C)n1c(CCC(O)C[C@@H](O)CC(=O)O)c(-c2ccc(F)cc2)c(-c2ccccc2)c1C(=O)Nc1ccccc1.[NaH]. The minimum absolute atomic E-state index is 0. The summed E-state index contributed by atoms with van der Waals surface area (Å²) in [5.74, 6) is -1.83. The van der Waals surface area contributed by atoms with E-state index in [1.54, 1.807) is 12.1 Å². The fraction of sp³-hybridized carbons (Fsp3) is 0.273. The number of para-hydroxylation sites is 1. The van der Waals surface area contributed by atoms with Crippen molar-refractivity contribution in [2.45, 2.75) is 57.8 Å². The molecule has 0 fully saturated rings. The number of nitrogens with zero attached hydrogens (tertiary/aromatic N) is 1. The Morgan fingerprint density at radius 1 is 0.833 bits per heavy atom. The number of aliphatic hydroxyl groups is 2. The summed E-state index contributed by atoms with van der Waals surface area (Å²) in [6.45, 7) is 3.94. The Hall–Kier alpha value is -3.27. The molecule has 0 saturated heterocycles. The number of halogens is 1. The molecule has 0 radical (unpaired) electrons. The second-order valence-electron chi connectivity index (χ2n) is 10.4. The molecule has 0 saturated carbocycles. The maximum absolute atomic E-state index is 14.0. The molecule has 42 heavy (non-hydrogen) atoms. The first-order chi connectivity index (χ1) is 19.7. The third-order valence-electron chi connectivity index (χ3n) is 6.93. The monoisotopic (exact) mass is 582 g/mol. The van der Waals surface area contributed by atoms with Gasteiger partial charge in [0, 0.05) is 28.6 Å². The van der Waals surface area contributed by atoms with Crippen LogP contribution < -0.4 is 5.32 Å². The first-order valence-corrected chi connectivity index (χ1v) is 13.7. The number of carboxylic acids is 1. The number of aromatic nitrogens is 1. The van der Waals surface area contributed by atoms with Crippen molar-refractivity contribution in [1.82, 2.24) is 4.57 Å². The van der Waals surface area contributed by atoms with Gasteiger partial charge in [-0.25, -0.2) is 4.39 Å². The zero-order valence-corrected chi connectivity index (χ0v) is 23.1. The molecular formula is C33H36FN2NaO5. The molecule has 1 unspecified atom stereocenters. The molecule has 216 valence electrons. The van der Waals surface area contributed by atoms with Gasteiger partial charge in [-0.15, -0.1) is 0 Å². The molecule has 4 aromatic rings. The number of amides is 1. The number of anilines is 1. The summed E-state index contributed by atoms with van der Waals surface area (Å²) >= 11 is 0. The third-order valence-corrected chi connectivity index (χ3v) is 6.93. The summed E-state index contributed by atoms with van der Waals surface area (Å²) in [5, 5.41) is 32.8. The molecule has 0 aliphatic heterocycles. The summed E-state index contributed by atoms with van der Waals surface area (Å²) in [7, 11) is 0. The molecule has 1 heterocycles. The van der Waals surface area contributed by atoms with Crippen LogP contribution in [-0.4, -0.2) is 73.5 Å². The van der Waals surface area contributed by atoms with Crippen LogP contribution in [0, 0.1) is 5.82 Å². The van der Waals surface area contributed by atoms with Gasteiger partial charge in [-0.3, -0.25) is 9.59 Å². The Bertz CT molecular complexity index is 1470. The number of aliphatic hydroxyl groups excluding tert-OH is 2. The van der Waals surface area contributed by atoms with Gasteiger partial charge in [0.1, 0.15) is 11.5 Å². The minimum atomic E-state index is -1.18. The number of carboxylic acid groups (broad SMARTS) is 1. The summed E-state index contributed by atoms with van der Waals surface area (Å²) in [6.07, 6.45) is -2.15. The number of benzene rings is 3. The molecule has 2 atom stereocenters. The number of carbonyl (C=O) groups excluding carboxylic acids is 1. The Kier molecular flexibility index (Phi) is 12.1. The fourth-order valence-corrected chi connectivity index (χ4v) is 5.22. The standard InChI is InChI=1S/C33H35FN2O5.Na.H/c1-21(2)36-28(18-17-26(37)19-27(38)20-29(39)40)30(23-13-15-24(34)16-14-23)31(22-9-5-3-6-10-22)32(36)33(41)35-25-11-7-4-8-12-25;;/h3-16,21,26-27,37-38H,17-20H2,1-2H3,(H,35,41)(H,39,40);;/t26?,27-;;/m1../s1. The predicted molar refractivity (Wildman–Crippen MR) is 164 cm³/mol. The van der Waals surface area contributed by atoms with Crippen LogP contribution in [-0.2, 0) is 11.2 Å². The number of hydrogen-bond acceptors (Lipinski definition) is 4. The molecule has 4 N–H and O–H groups in total. The molecule has 4 rings (SSSR count). The summed E-state index contributed by atoms with van der Waals surface area (Å²) in [4.78, 5) is 25.0. The van der Waals surface area contributed by atoms with Crippen molar-refractivity contribution in [3.8, 4) is 22.3 Å². The Labute approximate surface area is 267 Å². The summed E-state index contributed by atoms with van der Waals surface area (Å²) < 4.78 is 16.0. The second-order valence-corrected chi connectivity index (χ2v) is 10.4. The van der Waals surface area contributed by atoms with Gasteiger partial charge < -0.3 is 25.2 Å². The molecule has 3 aromatic carbocycles. The van der Waals surface area contributed by atoms with E-state index in [9.17, 15) is 24.2 Å². The summed E-state index contributed by atoms with van der Waals surface area (Å²) in [5.41, 5.74) is 4.81. The molecule has 0 bridgehead atoms. The number of carbonyl (C=O) groups is 2. The van der Waals surface area contributed by atoms with Crippen LogP contribution in [0.4, 0.5) is 10.1 Å². The maximum atomic E-state index is 14.0. The van der Waals surface area contributed by atoms with E-state index in [2.05, 4.69) is 5.32 Å². The second kappa shape index (κ2) is 15.3. The van der Waals surface area contributed by atoms with Crippen LogP contribution in [0.15, 0.2) is 84.9 Å². The quantitative estimate of drug-likeness (QED) is 0.161. The van der Waals surface area contributed by atoms with Gasteiger partial charge in [0.25, 0.3) is 5.91 Å². The number of aliphatic carboxylic acids is 1. The van der Waals surface area contributed by atoms with Crippen molar-refractivity contribution in [1.29, 1.82) is 0 Å². The van der Waals surface area contributed by atoms with Crippen LogP contribution >= 0.6 is 0 Å². The van der Waals surface area contributed by atoms with Crippen molar-refractivity contribution in [2.75, 3.05) is 5.32 Å². The van der Waals surface area contributed by atoms with E-state index < -0.39 is 24.6 Å². The van der Waals surface area contributed by atoms with Crippen molar-refractivity contribution in [3.63, 3.8) is 0 Å². The van der Waals surface area contributed by atoms with Crippen molar-refractivity contribution in [2.24, 2.45) is 0 Å². The van der Waals surface area contributed by atoms with Crippen LogP contribution in [0.2, 0.25) is 0 Å². The van der Waals surface area contributed by atoms with Gasteiger partial charge >= 0.3 is 35.5 Å². The van der Waals surface area contributed by atoms with E-state index in [0.29, 0.717) is 28.9 Å². The molecule has 1 aromatic heterocycles. The van der Waals surface area contributed by atoms with E-state index in [1.807, 2.05) is 79.1 Å². The molecule has 0 spiro atoms. The predicted octanol–water partition coefficient (Wildman–Crippen LogP) is 5.67. The van der Waals surface area contributed by atoms with E-state index in [4.69, 9.17) is 5.11 Å². The van der Waals surface area contributed by atoms with Crippen LogP contribution in [0.3, 0.4) is 0 Å². The molecule has 0 aliphatic carbocycles. The summed E-state index contributed by atoms with van der Waals surface area (Å²) in [6, 6.07) is 24.6. The third kappa shape index (κ3) is 8.18. The van der Waals surface area contributed by atoms with E-state index >= 15 is 0 Å². The van der Waals surface area contributed by atoms with Gasteiger partial charge in [-0.1, -0.05) is 60.7 Å². The molecule has 7 nitrogen and oxygen atoms in total. The van der Waals surface area contributed by atoms with Gasteiger partial charge in [0.05, 0.1) is 18.6 Å². The topological polar surface area (TPSA) is 112 Å². The normalized spacial score (nSPS) is 12.4. The Morgan fingerprint density at radius 2 is 1.40 bits per heavy atom. The average molecular weight is 583 g/mol. The molecular weight excluding hydrogens is 546 g/mol. The van der Waals surface area contributed by atoms with Gasteiger partial charge in [0.15, 0.2) is 0 Å². The van der Waals surface area contributed by atoms with Gasteiger partial charge in [0.2, 0.25) is 0 Å². The zero-order valence-electron chi connectivity index (χ0n) is 23.1. The van der Waals surface area contributed by atoms with E-state index in [0.717, 1.165) is 16.8 Å². The van der Waals surface area contributed by atoms with Crippen LogP contribution in [0.5, 0.6) is 0 Å². The van der Waals surface area contributed by atoms with Crippen LogP contribution in [0.1, 0.15) is 55.3 Å². The van der Waals surface area contributed by atoms with Crippen molar-refractivity contribution >= 4 is 47.1 Å². The van der Waals surface area contributed by atoms with Gasteiger partial charge in [-0.05, 0) is 68.5 Å². The first kappa shape index (κ1) is 33.2. The molecule has 0 aliphatic rings. The van der Waals surface area contributed by atoms with E-state index in [-0.39, 0.29) is 60.2 Å². The number of rotatable bonds is 12. The van der Waals surface area contributed by atoms with Crippen molar-refractivity contribution in [3.05, 3.63) is 102 Å². The number of hydrogen-bond donors (Lipinski definition) is 4. The molecule has 9 heteroatoms. The fourth-order valence-electron chi connectivity index (χ4n) is 5.22. The first-order valence-electron chi connectivity index (χ1n) is 13.7. The Morgan fingerprint density at radius 3 is 1.98 bits per heavy atom. The average Bonchev–Trinajstić information content (AvgIpc) is 3.28. The number of nitrogens with one attached hydrogen (secondary N) is 1. The van der Waals surface area contributed by atoms with Crippen LogP contribution in [0.25, 0.3) is 22.3 Å².